The van der Waals surface area contributed by atoms with Gasteiger partial charge in [0.1, 0.15) is 0 Å². The highest BCUT2D eigenvalue weighted by Crippen LogP contribution is 2.40. The standard InChI is InChI=1S/C17H28N2O/c1-4-18-17(13-20,15-10-11-15)12-19(5-2)16-9-7-6-8-14(16)3/h6-9,15,18,20H,4-5,10-13H2,1-3H3. The molecular weight excluding hydrogens is 248 g/mol. The van der Waals surface area contributed by atoms with Crippen LogP contribution in [-0.4, -0.2) is 36.9 Å². The van der Waals surface area contributed by atoms with E-state index in [0.717, 1.165) is 19.6 Å². The van der Waals surface area contributed by atoms with Crippen molar-refractivity contribution < 1.29 is 5.11 Å². The molecule has 20 heavy (non-hydrogen) atoms. The van der Waals surface area contributed by atoms with E-state index in [4.69, 9.17) is 0 Å². The monoisotopic (exact) mass is 276 g/mol. The van der Waals surface area contributed by atoms with Crippen molar-refractivity contribution in [2.45, 2.75) is 39.2 Å². The van der Waals surface area contributed by atoms with E-state index in [1.807, 2.05) is 0 Å². The predicted molar refractivity (Wildman–Crippen MR) is 85.3 cm³/mol. The zero-order valence-electron chi connectivity index (χ0n) is 13.0. The smallest absolute Gasteiger partial charge is 0.0633 e. The molecule has 1 aliphatic carbocycles. The molecule has 1 atom stereocenters. The van der Waals surface area contributed by atoms with Crippen LogP contribution in [0.5, 0.6) is 0 Å². The Balaban J connectivity index is 2.21. The first kappa shape index (κ1) is 15.3. The van der Waals surface area contributed by atoms with Crippen LogP contribution in [0.15, 0.2) is 24.3 Å². The van der Waals surface area contributed by atoms with Crippen molar-refractivity contribution in [2.75, 3.05) is 31.1 Å². The van der Waals surface area contributed by atoms with Crippen molar-refractivity contribution in [2.24, 2.45) is 5.92 Å². The SMILES string of the molecule is CCNC(CO)(CN(CC)c1ccccc1C)C1CC1. The van der Waals surface area contributed by atoms with Gasteiger partial charge in [-0.25, -0.2) is 0 Å². The predicted octanol–water partition coefficient (Wildman–Crippen LogP) is 2.57. The van der Waals surface area contributed by atoms with E-state index in [1.54, 1.807) is 0 Å². The van der Waals surface area contributed by atoms with Crippen LogP contribution in [0.3, 0.4) is 0 Å². The topological polar surface area (TPSA) is 35.5 Å². The number of hydrogen-bond donors (Lipinski definition) is 2. The van der Waals surface area contributed by atoms with Gasteiger partial charge in [-0.15, -0.1) is 0 Å². The molecule has 0 saturated heterocycles. The molecule has 0 aromatic heterocycles. The molecule has 2 rings (SSSR count). The Morgan fingerprint density at radius 3 is 2.50 bits per heavy atom. The molecule has 1 aromatic rings. The highest BCUT2D eigenvalue weighted by Gasteiger charge is 2.45. The summed E-state index contributed by atoms with van der Waals surface area (Å²) >= 11 is 0. The summed E-state index contributed by atoms with van der Waals surface area (Å²) in [6.45, 7) is 9.43. The van der Waals surface area contributed by atoms with Gasteiger partial charge in [-0.3, -0.25) is 0 Å². The second-order valence-corrected chi connectivity index (χ2v) is 5.92. The summed E-state index contributed by atoms with van der Waals surface area (Å²) in [5.74, 6) is 0.616. The van der Waals surface area contributed by atoms with Crippen molar-refractivity contribution in [3.63, 3.8) is 0 Å². The third kappa shape index (κ3) is 3.15. The number of rotatable bonds is 8. The maximum Gasteiger partial charge on any atom is 0.0633 e. The Bertz CT molecular complexity index is 431. The molecule has 1 aromatic carbocycles. The number of aliphatic hydroxyl groups excluding tert-OH is 1. The van der Waals surface area contributed by atoms with Crippen LogP contribution in [-0.2, 0) is 0 Å². The Labute approximate surface area is 123 Å². The quantitative estimate of drug-likeness (QED) is 0.766. The summed E-state index contributed by atoms with van der Waals surface area (Å²) in [5.41, 5.74) is 2.44. The van der Waals surface area contributed by atoms with Gasteiger partial charge in [-0.1, -0.05) is 25.1 Å². The molecule has 0 aliphatic heterocycles. The van der Waals surface area contributed by atoms with Crippen LogP contribution in [0.25, 0.3) is 0 Å². The van der Waals surface area contributed by atoms with E-state index in [0.29, 0.717) is 5.92 Å². The maximum atomic E-state index is 9.99. The lowest BCUT2D eigenvalue weighted by atomic mass is 9.92. The van der Waals surface area contributed by atoms with Crippen molar-refractivity contribution >= 4 is 5.69 Å². The van der Waals surface area contributed by atoms with E-state index in [1.165, 1.54) is 24.1 Å². The lowest BCUT2D eigenvalue weighted by Crippen LogP contribution is -2.58. The highest BCUT2D eigenvalue weighted by atomic mass is 16.3. The number of aryl methyl sites for hydroxylation is 1. The Kier molecular flexibility index (Phi) is 5.06. The number of para-hydroxylation sites is 1. The zero-order valence-corrected chi connectivity index (χ0v) is 13.0. The second kappa shape index (κ2) is 6.59. The van der Waals surface area contributed by atoms with E-state index >= 15 is 0 Å². The molecule has 1 aliphatic rings. The van der Waals surface area contributed by atoms with Crippen molar-refractivity contribution in [1.29, 1.82) is 0 Å². The number of nitrogens with one attached hydrogen (secondary N) is 1. The Morgan fingerprint density at radius 2 is 2.00 bits per heavy atom. The van der Waals surface area contributed by atoms with Gasteiger partial charge in [0.2, 0.25) is 0 Å². The molecule has 0 amide bonds. The fourth-order valence-corrected chi connectivity index (χ4v) is 3.18. The molecule has 0 radical (unpaired) electrons. The first-order valence-corrected chi connectivity index (χ1v) is 7.83. The molecule has 0 heterocycles. The van der Waals surface area contributed by atoms with Crippen LogP contribution in [0, 0.1) is 12.8 Å². The van der Waals surface area contributed by atoms with Gasteiger partial charge in [0, 0.05) is 18.8 Å². The Morgan fingerprint density at radius 1 is 1.30 bits per heavy atom. The number of anilines is 1. The van der Waals surface area contributed by atoms with Gasteiger partial charge in [-0.2, -0.15) is 0 Å². The largest absolute Gasteiger partial charge is 0.394 e. The van der Waals surface area contributed by atoms with Crippen LogP contribution < -0.4 is 10.2 Å². The molecular formula is C17H28N2O. The van der Waals surface area contributed by atoms with E-state index in [2.05, 4.69) is 55.3 Å². The summed E-state index contributed by atoms with van der Waals surface area (Å²) in [4.78, 5) is 2.40. The van der Waals surface area contributed by atoms with Crippen molar-refractivity contribution in [3.8, 4) is 0 Å². The molecule has 112 valence electrons. The molecule has 0 bridgehead atoms. The molecule has 3 nitrogen and oxygen atoms in total. The van der Waals surface area contributed by atoms with Crippen molar-refractivity contribution in [1.82, 2.24) is 5.32 Å². The van der Waals surface area contributed by atoms with Gasteiger partial charge >= 0.3 is 0 Å². The lowest BCUT2D eigenvalue weighted by molar-refractivity contribution is 0.145. The van der Waals surface area contributed by atoms with E-state index in [-0.39, 0.29) is 12.1 Å². The van der Waals surface area contributed by atoms with Gasteiger partial charge in [0.25, 0.3) is 0 Å². The van der Waals surface area contributed by atoms with Gasteiger partial charge in [0.05, 0.1) is 12.1 Å². The molecule has 3 heteroatoms. The van der Waals surface area contributed by atoms with Crippen LogP contribution in [0.1, 0.15) is 32.3 Å². The maximum absolute atomic E-state index is 9.99. The number of benzene rings is 1. The number of aliphatic hydroxyl groups is 1. The minimum Gasteiger partial charge on any atom is -0.394 e. The summed E-state index contributed by atoms with van der Waals surface area (Å²) in [7, 11) is 0. The summed E-state index contributed by atoms with van der Waals surface area (Å²) in [6.07, 6.45) is 2.47. The third-order valence-electron chi connectivity index (χ3n) is 4.48. The highest BCUT2D eigenvalue weighted by molar-refractivity contribution is 5.53. The summed E-state index contributed by atoms with van der Waals surface area (Å²) in [6, 6.07) is 8.51. The molecule has 1 unspecified atom stereocenters. The molecule has 1 saturated carbocycles. The first-order valence-electron chi connectivity index (χ1n) is 7.83. The van der Waals surface area contributed by atoms with Gasteiger partial charge < -0.3 is 15.3 Å². The summed E-state index contributed by atoms with van der Waals surface area (Å²) < 4.78 is 0. The van der Waals surface area contributed by atoms with Crippen LogP contribution >= 0.6 is 0 Å². The number of hydrogen-bond acceptors (Lipinski definition) is 3. The minimum atomic E-state index is -0.146. The molecule has 1 fully saturated rings. The van der Waals surface area contributed by atoms with E-state index < -0.39 is 0 Å². The van der Waals surface area contributed by atoms with Gasteiger partial charge in [-0.05, 0) is 50.8 Å². The molecule has 0 spiro atoms. The summed E-state index contributed by atoms with van der Waals surface area (Å²) in [5, 5.41) is 13.6. The number of nitrogens with zero attached hydrogens (tertiary/aromatic N) is 1. The molecule has 2 N–H and O–H groups in total. The van der Waals surface area contributed by atoms with Crippen LogP contribution in [0.4, 0.5) is 5.69 Å². The van der Waals surface area contributed by atoms with Gasteiger partial charge in [0.15, 0.2) is 0 Å². The van der Waals surface area contributed by atoms with Crippen LogP contribution in [0.2, 0.25) is 0 Å². The minimum absolute atomic E-state index is 0.146. The third-order valence-corrected chi connectivity index (χ3v) is 4.48. The normalized spacial score (nSPS) is 17.8. The Hall–Kier alpha value is -1.06. The fraction of sp³-hybridized carbons (Fsp3) is 0.647. The fourth-order valence-electron chi connectivity index (χ4n) is 3.18. The lowest BCUT2D eigenvalue weighted by Gasteiger charge is -2.39. The number of likely N-dealkylation sites (N-methyl/N-ethyl adjacent to an activating group) is 2. The zero-order chi connectivity index (χ0) is 14.6. The average Bonchev–Trinajstić information content (AvgIpc) is 3.29. The van der Waals surface area contributed by atoms with Crippen molar-refractivity contribution in [3.05, 3.63) is 29.8 Å². The first-order chi connectivity index (χ1) is 9.66. The average molecular weight is 276 g/mol. The van der Waals surface area contributed by atoms with E-state index in [9.17, 15) is 5.11 Å². The second-order valence-electron chi connectivity index (χ2n) is 5.92.